The summed E-state index contributed by atoms with van der Waals surface area (Å²) in [7, 11) is 0. The fraction of sp³-hybridized carbons (Fsp3) is 0.619. The number of rotatable bonds is 4. The summed E-state index contributed by atoms with van der Waals surface area (Å²) in [5.41, 5.74) is 0.916. The maximum atomic E-state index is 13.0. The van der Waals surface area contributed by atoms with Gasteiger partial charge in [-0.25, -0.2) is 0 Å². The van der Waals surface area contributed by atoms with Crippen LogP contribution < -0.4 is 15.0 Å². The van der Waals surface area contributed by atoms with Crippen LogP contribution in [0.1, 0.15) is 19.3 Å². The van der Waals surface area contributed by atoms with Crippen molar-refractivity contribution in [3.63, 3.8) is 0 Å². The summed E-state index contributed by atoms with van der Waals surface area (Å²) in [5.74, 6) is 0.784. The molecule has 158 valence electrons. The molecule has 1 atom stereocenters. The Hall–Kier alpha value is -1.90. The molecule has 29 heavy (non-hydrogen) atoms. The molecule has 4 rings (SSSR count). The lowest BCUT2D eigenvalue weighted by Gasteiger charge is -2.38. The van der Waals surface area contributed by atoms with E-state index >= 15 is 0 Å². The molecule has 8 heteroatoms. The number of piperidine rings is 1. The lowest BCUT2D eigenvalue weighted by molar-refractivity contribution is -0.139. The lowest BCUT2D eigenvalue weighted by Crippen LogP contribution is -2.55. The molecular weight excluding hydrogens is 388 g/mol. The van der Waals surface area contributed by atoms with Crippen LogP contribution in [0.3, 0.4) is 0 Å². The van der Waals surface area contributed by atoms with E-state index < -0.39 is 6.10 Å². The lowest BCUT2D eigenvalue weighted by atomic mass is 10.1. The highest BCUT2D eigenvalue weighted by atomic mass is 32.1. The smallest absolute Gasteiger partial charge is 0.265 e. The summed E-state index contributed by atoms with van der Waals surface area (Å²) in [5, 5.41) is 4.02. The number of ether oxygens (including phenoxy) is 2. The van der Waals surface area contributed by atoms with E-state index in [9.17, 15) is 4.79 Å². The largest absolute Gasteiger partial charge is 0.476 e. The fourth-order valence-electron chi connectivity index (χ4n) is 4.11. The van der Waals surface area contributed by atoms with Gasteiger partial charge in [-0.05, 0) is 43.6 Å². The summed E-state index contributed by atoms with van der Waals surface area (Å²) < 4.78 is 11.5. The molecule has 0 saturated carbocycles. The zero-order valence-corrected chi connectivity index (χ0v) is 17.7. The van der Waals surface area contributed by atoms with Crippen LogP contribution in [0, 0.1) is 0 Å². The topological polar surface area (TPSA) is 57.3 Å². The van der Waals surface area contributed by atoms with Gasteiger partial charge < -0.3 is 24.6 Å². The first-order chi connectivity index (χ1) is 14.2. The molecule has 1 amide bonds. The highest BCUT2D eigenvalue weighted by Gasteiger charge is 2.35. The first-order valence-electron chi connectivity index (χ1n) is 10.6. The van der Waals surface area contributed by atoms with Crippen LogP contribution >= 0.6 is 12.2 Å². The maximum absolute atomic E-state index is 13.0. The van der Waals surface area contributed by atoms with Gasteiger partial charge in [0.25, 0.3) is 5.91 Å². The summed E-state index contributed by atoms with van der Waals surface area (Å²) in [6.07, 6.45) is 2.81. The Morgan fingerprint density at radius 1 is 1.10 bits per heavy atom. The molecule has 0 aromatic heterocycles. The quantitative estimate of drug-likeness (QED) is 0.743. The van der Waals surface area contributed by atoms with Gasteiger partial charge in [0.1, 0.15) is 5.75 Å². The van der Waals surface area contributed by atoms with Crippen LogP contribution in [0.25, 0.3) is 0 Å². The Balaban J connectivity index is 1.40. The number of carbonyl (C=O) groups excluding carboxylic acids is 1. The maximum Gasteiger partial charge on any atom is 0.265 e. The minimum atomic E-state index is -0.526. The van der Waals surface area contributed by atoms with E-state index in [1.54, 1.807) is 0 Å². The monoisotopic (exact) mass is 418 g/mol. The van der Waals surface area contributed by atoms with Crippen LogP contribution in [0.2, 0.25) is 0 Å². The number of anilines is 1. The molecule has 0 spiro atoms. The number of para-hydroxylation sites is 2. The van der Waals surface area contributed by atoms with E-state index in [4.69, 9.17) is 21.7 Å². The number of hydrogen-bond acceptors (Lipinski definition) is 5. The van der Waals surface area contributed by atoms with Crippen molar-refractivity contribution < 1.29 is 14.3 Å². The van der Waals surface area contributed by atoms with Gasteiger partial charge in [0, 0.05) is 39.3 Å². The van der Waals surface area contributed by atoms with E-state index in [1.807, 2.05) is 34.1 Å². The van der Waals surface area contributed by atoms with Crippen molar-refractivity contribution >= 4 is 28.9 Å². The van der Waals surface area contributed by atoms with Gasteiger partial charge in [0.2, 0.25) is 0 Å². The highest BCUT2D eigenvalue weighted by molar-refractivity contribution is 7.80. The molecule has 0 aliphatic carbocycles. The zero-order valence-electron chi connectivity index (χ0n) is 16.8. The van der Waals surface area contributed by atoms with Gasteiger partial charge in [0.15, 0.2) is 11.2 Å². The van der Waals surface area contributed by atoms with Crippen molar-refractivity contribution in [2.75, 3.05) is 63.9 Å². The second-order valence-electron chi connectivity index (χ2n) is 7.76. The number of benzene rings is 1. The molecule has 1 aromatic rings. The molecule has 1 aromatic carbocycles. The number of likely N-dealkylation sites (tertiary alicyclic amines) is 1. The van der Waals surface area contributed by atoms with E-state index in [2.05, 4.69) is 10.2 Å². The number of nitrogens with one attached hydrogen (secondary N) is 1. The van der Waals surface area contributed by atoms with Gasteiger partial charge >= 0.3 is 0 Å². The standard InChI is InChI=1S/C21H30N4O3S/c26-20(24-9-4-1-5-10-24)19-16-25(17-6-2-3-7-18(17)28-19)21(29)22-8-11-23-12-14-27-15-13-23/h2-3,6-7,19H,1,4-5,8-16H2,(H,22,29)/t19-/m1/s1. The van der Waals surface area contributed by atoms with E-state index in [-0.39, 0.29) is 5.91 Å². The number of nitrogens with zero attached hydrogens (tertiary/aromatic N) is 3. The summed E-state index contributed by atoms with van der Waals surface area (Å²) in [6, 6.07) is 7.80. The van der Waals surface area contributed by atoms with Crippen molar-refractivity contribution in [1.82, 2.24) is 15.1 Å². The second-order valence-corrected chi connectivity index (χ2v) is 8.14. The minimum Gasteiger partial charge on any atom is -0.476 e. The predicted octanol–water partition coefficient (Wildman–Crippen LogP) is 1.47. The molecule has 3 heterocycles. The number of thiocarbonyl (C=S) groups is 1. The molecule has 3 aliphatic rings. The van der Waals surface area contributed by atoms with Crippen molar-refractivity contribution in [2.24, 2.45) is 0 Å². The van der Waals surface area contributed by atoms with Gasteiger partial charge in [-0.15, -0.1) is 0 Å². The van der Waals surface area contributed by atoms with Crippen LogP contribution in [0.4, 0.5) is 5.69 Å². The first-order valence-corrected chi connectivity index (χ1v) is 11.0. The molecule has 2 saturated heterocycles. The Bertz CT molecular complexity index is 720. The van der Waals surface area contributed by atoms with Crippen LogP contribution in [-0.4, -0.2) is 86.0 Å². The molecule has 0 radical (unpaired) electrons. The number of morpholine rings is 1. The van der Waals surface area contributed by atoms with E-state index in [0.29, 0.717) is 17.4 Å². The van der Waals surface area contributed by atoms with Crippen molar-refractivity contribution in [1.29, 1.82) is 0 Å². The fourth-order valence-corrected chi connectivity index (χ4v) is 4.39. The Morgan fingerprint density at radius 3 is 2.66 bits per heavy atom. The van der Waals surface area contributed by atoms with E-state index in [0.717, 1.165) is 71.0 Å². The van der Waals surface area contributed by atoms with Gasteiger partial charge in [-0.3, -0.25) is 9.69 Å². The normalized spacial score (nSPS) is 22.6. The van der Waals surface area contributed by atoms with Crippen molar-refractivity contribution in [3.05, 3.63) is 24.3 Å². The summed E-state index contributed by atoms with van der Waals surface area (Å²) in [6.45, 7) is 7.28. The second kappa shape index (κ2) is 9.73. The molecule has 3 aliphatic heterocycles. The number of amides is 1. The third-order valence-corrected chi connectivity index (χ3v) is 6.13. The number of carbonyl (C=O) groups is 1. The van der Waals surface area contributed by atoms with Crippen LogP contribution in [-0.2, 0) is 9.53 Å². The molecule has 7 nitrogen and oxygen atoms in total. The van der Waals surface area contributed by atoms with Gasteiger partial charge in [0.05, 0.1) is 25.4 Å². The van der Waals surface area contributed by atoms with E-state index in [1.165, 1.54) is 6.42 Å². The number of hydrogen-bond donors (Lipinski definition) is 1. The highest BCUT2D eigenvalue weighted by Crippen LogP contribution is 2.33. The third kappa shape index (κ3) is 4.99. The summed E-state index contributed by atoms with van der Waals surface area (Å²) >= 11 is 5.70. The predicted molar refractivity (Wildman–Crippen MR) is 116 cm³/mol. The SMILES string of the molecule is O=C([C@H]1CN(C(=S)NCCN2CCOCC2)c2ccccc2O1)N1CCCCC1. The molecule has 1 N–H and O–H groups in total. The van der Waals surface area contributed by atoms with Crippen LogP contribution in [0.15, 0.2) is 24.3 Å². The average molecular weight is 419 g/mol. The summed E-state index contributed by atoms with van der Waals surface area (Å²) in [4.78, 5) is 19.4. The first kappa shape index (κ1) is 20.4. The number of fused-ring (bicyclic) bond motifs is 1. The average Bonchev–Trinajstić information content (AvgIpc) is 2.79. The third-order valence-electron chi connectivity index (χ3n) is 5.77. The zero-order chi connectivity index (χ0) is 20.1. The van der Waals surface area contributed by atoms with Crippen LogP contribution in [0.5, 0.6) is 5.75 Å². The van der Waals surface area contributed by atoms with Crippen molar-refractivity contribution in [3.8, 4) is 5.75 Å². The van der Waals surface area contributed by atoms with Gasteiger partial charge in [-0.2, -0.15) is 0 Å². The molecule has 0 unspecified atom stereocenters. The Kier molecular flexibility index (Phi) is 6.84. The van der Waals surface area contributed by atoms with Crippen molar-refractivity contribution in [2.45, 2.75) is 25.4 Å². The molecular formula is C21H30N4O3S. The van der Waals surface area contributed by atoms with Gasteiger partial charge in [-0.1, -0.05) is 12.1 Å². The minimum absolute atomic E-state index is 0.0697. The molecule has 2 fully saturated rings. The molecule has 0 bridgehead atoms. The Morgan fingerprint density at radius 2 is 1.86 bits per heavy atom. The Labute approximate surface area is 177 Å².